The molecule has 3 heteroatoms. The van der Waals surface area contributed by atoms with Crippen LogP contribution in [0.3, 0.4) is 0 Å². The van der Waals surface area contributed by atoms with Crippen LogP contribution >= 0.6 is 0 Å². The van der Waals surface area contributed by atoms with Crippen molar-refractivity contribution in [2.24, 2.45) is 5.92 Å². The lowest BCUT2D eigenvalue weighted by molar-refractivity contribution is 0.0951. The van der Waals surface area contributed by atoms with E-state index in [1.54, 1.807) is 12.1 Å². The number of hydrogen-bond acceptors (Lipinski definition) is 2. The smallest absolute Gasteiger partial charge is 0.251 e. The van der Waals surface area contributed by atoms with Crippen molar-refractivity contribution in [3.63, 3.8) is 0 Å². The van der Waals surface area contributed by atoms with Crippen molar-refractivity contribution in [1.29, 1.82) is 0 Å². The average Bonchev–Trinajstić information content (AvgIpc) is 2.16. The van der Waals surface area contributed by atoms with Gasteiger partial charge in [0.05, 0.1) is 0 Å². The van der Waals surface area contributed by atoms with Crippen LogP contribution in [-0.2, 0) is 0 Å². The Labute approximate surface area is 96.5 Å². The van der Waals surface area contributed by atoms with Crippen molar-refractivity contribution in [3.8, 4) is 5.75 Å². The highest BCUT2D eigenvalue weighted by Gasteiger charge is 2.08. The number of rotatable bonds is 4. The molecule has 2 N–H and O–H groups in total. The van der Waals surface area contributed by atoms with Crippen molar-refractivity contribution in [2.75, 3.05) is 6.54 Å². The third kappa shape index (κ3) is 3.57. The molecule has 0 unspecified atom stereocenters. The Morgan fingerprint density at radius 2 is 2.12 bits per heavy atom. The number of carbonyl (C=O) groups is 1. The lowest BCUT2D eigenvalue weighted by Crippen LogP contribution is -2.25. The highest BCUT2D eigenvalue weighted by Crippen LogP contribution is 2.15. The Hall–Kier alpha value is -1.51. The van der Waals surface area contributed by atoms with Gasteiger partial charge in [0.2, 0.25) is 0 Å². The van der Waals surface area contributed by atoms with E-state index in [9.17, 15) is 9.90 Å². The lowest BCUT2D eigenvalue weighted by Gasteiger charge is -2.09. The number of hydrogen-bond donors (Lipinski definition) is 2. The molecule has 1 aromatic rings. The zero-order valence-corrected chi connectivity index (χ0v) is 10.1. The van der Waals surface area contributed by atoms with E-state index in [2.05, 4.69) is 19.2 Å². The summed E-state index contributed by atoms with van der Waals surface area (Å²) in [5.74, 6) is 0.704. The molecule has 0 saturated carbocycles. The van der Waals surface area contributed by atoms with E-state index in [4.69, 9.17) is 0 Å². The minimum atomic E-state index is -0.0712. The van der Waals surface area contributed by atoms with Crippen LogP contribution < -0.4 is 5.32 Å². The van der Waals surface area contributed by atoms with Gasteiger partial charge >= 0.3 is 0 Å². The summed E-state index contributed by atoms with van der Waals surface area (Å²) in [6, 6.07) is 4.77. The largest absolute Gasteiger partial charge is 0.508 e. The number of nitrogens with one attached hydrogen (secondary N) is 1. The van der Waals surface area contributed by atoms with Gasteiger partial charge in [-0.25, -0.2) is 0 Å². The van der Waals surface area contributed by atoms with Crippen LogP contribution in [0.4, 0.5) is 0 Å². The van der Waals surface area contributed by atoms with Crippen molar-refractivity contribution >= 4 is 5.91 Å². The fourth-order valence-electron chi connectivity index (χ4n) is 1.47. The summed E-state index contributed by atoms with van der Waals surface area (Å²) in [4.78, 5) is 11.8. The summed E-state index contributed by atoms with van der Waals surface area (Å²) in [7, 11) is 0. The van der Waals surface area contributed by atoms with Gasteiger partial charge in [0, 0.05) is 12.1 Å². The van der Waals surface area contributed by atoms with Crippen LogP contribution in [0.2, 0.25) is 0 Å². The van der Waals surface area contributed by atoms with Crippen LogP contribution in [0.25, 0.3) is 0 Å². The molecular weight excluding hydrogens is 202 g/mol. The van der Waals surface area contributed by atoms with Crippen molar-refractivity contribution < 1.29 is 9.90 Å². The van der Waals surface area contributed by atoms with Gasteiger partial charge in [-0.2, -0.15) is 0 Å². The summed E-state index contributed by atoms with van der Waals surface area (Å²) in [5, 5.41) is 12.1. The van der Waals surface area contributed by atoms with E-state index in [0.29, 0.717) is 18.0 Å². The van der Waals surface area contributed by atoms with E-state index >= 15 is 0 Å². The number of carbonyl (C=O) groups excluding carboxylic acids is 1. The summed E-state index contributed by atoms with van der Waals surface area (Å²) in [6.07, 6.45) is 0.975. The summed E-state index contributed by atoms with van der Waals surface area (Å²) >= 11 is 0. The molecule has 0 aromatic heterocycles. The second-order valence-corrected chi connectivity index (χ2v) is 4.44. The summed E-state index contributed by atoms with van der Waals surface area (Å²) < 4.78 is 0. The zero-order chi connectivity index (χ0) is 12.1. The van der Waals surface area contributed by atoms with Gasteiger partial charge < -0.3 is 10.4 Å². The predicted molar refractivity (Wildman–Crippen MR) is 64.6 cm³/mol. The number of phenolic OH excluding ortho intramolecular Hbond substituents is 1. The second-order valence-electron chi connectivity index (χ2n) is 4.44. The fraction of sp³-hybridized carbons (Fsp3) is 0.462. The number of aromatic hydroxyl groups is 1. The molecule has 1 rings (SSSR count). The molecule has 0 aliphatic rings. The fourth-order valence-corrected chi connectivity index (χ4v) is 1.47. The van der Waals surface area contributed by atoms with E-state index in [0.717, 1.165) is 12.0 Å². The topological polar surface area (TPSA) is 49.3 Å². The molecule has 0 heterocycles. The second kappa shape index (κ2) is 5.54. The van der Waals surface area contributed by atoms with Gasteiger partial charge in [0.15, 0.2) is 0 Å². The Bertz CT molecular complexity index is 372. The molecule has 1 aromatic carbocycles. The van der Waals surface area contributed by atoms with Crippen LogP contribution in [0.1, 0.15) is 36.2 Å². The minimum Gasteiger partial charge on any atom is -0.508 e. The molecule has 16 heavy (non-hydrogen) atoms. The highest BCUT2D eigenvalue weighted by atomic mass is 16.3. The molecule has 0 bridgehead atoms. The van der Waals surface area contributed by atoms with Crippen LogP contribution in [-0.4, -0.2) is 17.6 Å². The van der Waals surface area contributed by atoms with Crippen molar-refractivity contribution in [2.45, 2.75) is 27.2 Å². The molecule has 88 valence electrons. The maximum Gasteiger partial charge on any atom is 0.251 e. The molecule has 0 saturated heterocycles. The standard InChI is InChI=1S/C13H19NO2/c1-9(2)6-7-14-13(16)12-5-4-11(15)8-10(12)3/h4-5,8-9,15H,6-7H2,1-3H3,(H,14,16). The van der Waals surface area contributed by atoms with Gasteiger partial charge in [-0.3, -0.25) is 4.79 Å². The third-order valence-electron chi connectivity index (χ3n) is 2.46. The molecular formula is C13H19NO2. The Kier molecular flexibility index (Phi) is 4.35. The molecule has 0 radical (unpaired) electrons. The van der Waals surface area contributed by atoms with E-state index in [1.165, 1.54) is 6.07 Å². The van der Waals surface area contributed by atoms with Gasteiger partial charge in [0.1, 0.15) is 5.75 Å². The van der Waals surface area contributed by atoms with E-state index in [-0.39, 0.29) is 11.7 Å². The monoisotopic (exact) mass is 221 g/mol. The number of benzene rings is 1. The number of amides is 1. The maximum atomic E-state index is 11.8. The minimum absolute atomic E-state index is 0.0712. The third-order valence-corrected chi connectivity index (χ3v) is 2.46. The van der Waals surface area contributed by atoms with Crippen molar-refractivity contribution in [1.82, 2.24) is 5.32 Å². The van der Waals surface area contributed by atoms with E-state index in [1.807, 2.05) is 6.92 Å². The molecule has 0 atom stereocenters. The first kappa shape index (κ1) is 12.6. The number of aryl methyl sites for hydroxylation is 1. The van der Waals surface area contributed by atoms with Gasteiger partial charge in [0.25, 0.3) is 5.91 Å². The van der Waals surface area contributed by atoms with Gasteiger partial charge in [-0.1, -0.05) is 13.8 Å². The maximum absolute atomic E-state index is 11.8. The molecule has 0 spiro atoms. The van der Waals surface area contributed by atoms with E-state index < -0.39 is 0 Å². The first-order valence-corrected chi connectivity index (χ1v) is 5.58. The van der Waals surface area contributed by atoms with Crippen molar-refractivity contribution in [3.05, 3.63) is 29.3 Å². The molecule has 0 aliphatic heterocycles. The van der Waals surface area contributed by atoms with Gasteiger partial charge in [-0.15, -0.1) is 0 Å². The highest BCUT2D eigenvalue weighted by molar-refractivity contribution is 5.95. The predicted octanol–water partition coefficient (Wildman–Crippen LogP) is 2.48. The molecule has 0 aliphatic carbocycles. The average molecular weight is 221 g/mol. The quantitative estimate of drug-likeness (QED) is 0.820. The Morgan fingerprint density at radius 3 is 2.69 bits per heavy atom. The summed E-state index contributed by atoms with van der Waals surface area (Å²) in [6.45, 7) is 6.75. The van der Waals surface area contributed by atoms with Gasteiger partial charge in [-0.05, 0) is 43.0 Å². The molecule has 0 fully saturated rings. The van der Waals surface area contributed by atoms with Crippen LogP contribution in [0, 0.1) is 12.8 Å². The molecule has 3 nitrogen and oxygen atoms in total. The normalized spacial score (nSPS) is 10.5. The Morgan fingerprint density at radius 1 is 1.44 bits per heavy atom. The molecule has 1 amide bonds. The SMILES string of the molecule is Cc1cc(O)ccc1C(=O)NCCC(C)C. The summed E-state index contributed by atoms with van der Waals surface area (Å²) in [5.41, 5.74) is 1.42. The number of phenols is 1. The lowest BCUT2D eigenvalue weighted by atomic mass is 10.1. The van der Waals surface area contributed by atoms with Crippen LogP contribution in [0.5, 0.6) is 5.75 Å². The first-order chi connectivity index (χ1) is 7.50. The zero-order valence-electron chi connectivity index (χ0n) is 10.1. The van der Waals surface area contributed by atoms with Crippen LogP contribution in [0.15, 0.2) is 18.2 Å². The Balaban J connectivity index is 2.59. The first-order valence-electron chi connectivity index (χ1n) is 5.58.